The molecule has 1 unspecified atom stereocenters. The highest BCUT2D eigenvalue weighted by molar-refractivity contribution is 5.82. The van der Waals surface area contributed by atoms with Gasteiger partial charge < -0.3 is 11.1 Å². The SMILES string of the molecule is CC(NC(=O)C(C)(C)CN)c1ccc(F)cc1. The van der Waals surface area contributed by atoms with Crippen LogP contribution in [0.5, 0.6) is 0 Å². The second-order valence-corrected chi connectivity index (χ2v) is 4.83. The highest BCUT2D eigenvalue weighted by Crippen LogP contribution is 2.17. The first-order valence-corrected chi connectivity index (χ1v) is 5.63. The van der Waals surface area contributed by atoms with Crippen molar-refractivity contribution in [2.75, 3.05) is 6.54 Å². The molecule has 0 aliphatic carbocycles. The van der Waals surface area contributed by atoms with Crippen LogP contribution >= 0.6 is 0 Å². The number of carbonyl (C=O) groups is 1. The molecule has 0 saturated heterocycles. The van der Waals surface area contributed by atoms with Crippen LogP contribution in [0.25, 0.3) is 0 Å². The van der Waals surface area contributed by atoms with E-state index >= 15 is 0 Å². The average Bonchev–Trinajstić information content (AvgIpc) is 2.29. The third-order valence-electron chi connectivity index (χ3n) is 2.84. The molecular formula is C13H19FN2O. The molecule has 0 fully saturated rings. The van der Waals surface area contributed by atoms with Crippen LogP contribution in [0.1, 0.15) is 32.4 Å². The lowest BCUT2D eigenvalue weighted by atomic mass is 9.92. The number of hydrogen-bond acceptors (Lipinski definition) is 2. The van der Waals surface area contributed by atoms with E-state index in [0.29, 0.717) is 0 Å². The maximum Gasteiger partial charge on any atom is 0.227 e. The molecule has 1 atom stereocenters. The maximum atomic E-state index is 12.8. The zero-order valence-corrected chi connectivity index (χ0v) is 10.5. The van der Waals surface area contributed by atoms with E-state index in [-0.39, 0.29) is 24.3 Å². The smallest absolute Gasteiger partial charge is 0.227 e. The van der Waals surface area contributed by atoms with Crippen LogP contribution in [-0.4, -0.2) is 12.5 Å². The summed E-state index contributed by atoms with van der Waals surface area (Å²) < 4.78 is 12.8. The van der Waals surface area contributed by atoms with E-state index < -0.39 is 5.41 Å². The van der Waals surface area contributed by atoms with Crippen molar-refractivity contribution in [3.63, 3.8) is 0 Å². The van der Waals surface area contributed by atoms with Gasteiger partial charge in [-0.15, -0.1) is 0 Å². The minimum atomic E-state index is -0.589. The lowest BCUT2D eigenvalue weighted by Crippen LogP contribution is -2.42. The molecule has 1 aromatic carbocycles. The molecule has 1 aromatic rings. The molecule has 3 N–H and O–H groups in total. The van der Waals surface area contributed by atoms with Gasteiger partial charge in [-0.05, 0) is 38.5 Å². The van der Waals surface area contributed by atoms with Gasteiger partial charge in [-0.25, -0.2) is 4.39 Å². The van der Waals surface area contributed by atoms with Crippen molar-refractivity contribution in [2.24, 2.45) is 11.1 Å². The van der Waals surface area contributed by atoms with E-state index in [0.717, 1.165) is 5.56 Å². The minimum absolute atomic E-state index is 0.100. The Kier molecular flexibility index (Phi) is 4.23. The van der Waals surface area contributed by atoms with Crippen LogP contribution in [0, 0.1) is 11.2 Å². The second kappa shape index (κ2) is 5.27. The van der Waals surface area contributed by atoms with Crippen LogP contribution in [0.2, 0.25) is 0 Å². The first-order chi connectivity index (χ1) is 7.86. The van der Waals surface area contributed by atoms with Gasteiger partial charge >= 0.3 is 0 Å². The Balaban J connectivity index is 2.70. The van der Waals surface area contributed by atoms with E-state index in [9.17, 15) is 9.18 Å². The van der Waals surface area contributed by atoms with Gasteiger partial charge in [0.25, 0.3) is 0 Å². The summed E-state index contributed by atoms with van der Waals surface area (Å²) in [5.74, 6) is -0.383. The number of rotatable bonds is 4. The Bertz CT molecular complexity index is 387. The summed E-state index contributed by atoms with van der Waals surface area (Å²) in [6.07, 6.45) is 0. The maximum absolute atomic E-state index is 12.8. The quantitative estimate of drug-likeness (QED) is 0.842. The third-order valence-corrected chi connectivity index (χ3v) is 2.84. The first kappa shape index (κ1) is 13.6. The minimum Gasteiger partial charge on any atom is -0.349 e. The molecule has 1 rings (SSSR count). The summed E-state index contributed by atoms with van der Waals surface area (Å²) in [6, 6.07) is 5.93. The van der Waals surface area contributed by atoms with Gasteiger partial charge in [0.05, 0.1) is 11.5 Å². The van der Waals surface area contributed by atoms with Gasteiger partial charge in [-0.3, -0.25) is 4.79 Å². The molecule has 0 aliphatic heterocycles. The number of benzene rings is 1. The predicted octanol–water partition coefficient (Wildman–Crippen LogP) is 1.99. The Morgan fingerprint density at radius 2 is 1.94 bits per heavy atom. The molecule has 0 bridgehead atoms. The monoisotopic (exact) mass is 238 g/mol. The van der Waals surface area contributed by atoms with Crippen molar-refractivity contribution in [3.8, 4) is 0 Å². The first-order valence-electron chi connectivity index (χ1n) is 5.63. The Morgan fingerprint density at radius 1 is 1.41 bits per heavy atom. The van der Waals surface area contributed by atoms with Gasteiger partial charge in [0.1, 0.15) is 5.82 Å². The van der Waals surface area contributed by atoms with Gasteiger partial charge in [-0.2, -0.15) is 0 Å². The zero-order chi connectivity index (χ0) is 13.1. The van der Waals surface area contributed by atoms with Gasteiger partial charge in [-0.1, -0.05) is 12.1 Å². The van der Waals surface area contributed by atoms with Crippen molar-refractivity contribution >= 4 is 5.91 Å². The summed E-state index contributed by atoms with van der Waals surface area (Å²) in [7, 11) is 0. The van der Waals surface area contributed by atoms with Gasteiger partial charge in [0, 0.05) is 6.54 Å². The third kappa shape index (κ3) is 3.53. The van der Waals surface area contributed by atoms with E-state index in [1.807, 2.05) is 6.92 Å². The molecule has 4 heteroatoms. The number of amides is 1. The fraction of sp³-hybridized carbons (Fsp3) is 0.462. The van der Waals surface area contributed by atoms with Crippen LogP contribution in [0.15, 0.2) is 24.3 Å². The van der Waals surface area contributed by atoms with E-state index in [2.05, 4.69) is 5.32 Å². The molecular weight excluding hydrogens is 219 g/mol. The summed E-state index contributed by atoms with van der Waals surface area (Å²) in [5, 5.41) is 2.87. The largest absolute Gasteiger partial charge is 0.349 e. The fourth-order valence-corrected chi connectivity index (χ4v) is 1.32. The number of hydrogen-bond donors (Lipinski definition) is 2. The van der Waals surface area contributed by atoms with Gasteiger partial charge in [0.15, 0.2) is 0 Å². The van der Waals surface area contributed by atoms with E-state index in [1.54, 1.807) is 26.0 Å². The van der Waals surface area contributed by atoms with E-state index in [4.69, 9.17) is 5.73 Å². The Hall–Kier alpha value is -1.42. The average molecular weight is 238 g/mol. The molecule has 0 spiro atoms. The fourth-order valence-electron chi connectivity index (χ4n) is 1.32. The normalized spacial score (nSPS) is 13.2. The highest BCUT2D eigenvalue weighted by Gasteiger charge is 2.26. The number of halogens is 1. The van der Waals surface area contributed by atoms with Crippen molar-refractivity contribution in [1.29, 1.82) is 0 Å². The van der Waals surface area contributed by atoms with Crippen molar-refractivity contribution in [3.05, 3.63) is 35.6 Å². The standard InChI is InChI=1S/C13H19FN2O/c1-9(10-4-6-11(14)7-5-10)16-12(17)13(2,3)8-15/h4-7,9H,8,15H2,1-3H3,(H,16,17). The highest BCUT2D eigenvalue weighted by atomic mass is 19.1. The van der Waals surface area contributed by atoms with Crippen molar-refractivity contribution < 1.29 is 9.18 Å². The van der Waals surface area contributed by atoms with Crippen LogP contribution in [0.4, 0.5) is 4.39 Å². The molecule has 94 valence electrons. The van der Waals surface area contributed by atoms with Crippen LogP contribution in [0.3, 0.4) is 0 Å². The molecule has 17 heavy (non-hydrogen) atoms. The number of carbonyl (C=O) groups excluding carboxylic acids is 1. The molecule has 0 aromatic heterocycles. The summed E-state index contributed by atoms with van der Waals surface area (Å²) in [5.41, 5.74) is 5.81. The van der Waals surface area contributed by atoms with E-state index in [1.165, 1.54) is 12.1 Å². The topological polar surface area (TPSA) is 55.1 Å². The van der Waals surface area contributed by atoms with Crippen molar-refractivity contribution in [2.45, 2.75) is 26.8 Å². The van der Waals surface area contributed by atoms with Crippen LogP contribution in [-0.2, 0) is 4.79 Å². The van der Waals surface area contributed by atoms with Gasteiger partial charge in [0.2, 0.25) is 5.91 Å². The predicted molar refractivity (Wildman–Crippen MR) is 65.8 cm³/mol. The number of nitrogens with two attached hydrogens (primary N) is 1. The molecule has 3 nitrogen and oxygen atoms in total. The second-order valence-electron chi connectivity index (χ2n) is 4.83. The lowest BCUT2D eigenvalue weighted by molar-refractivity contribution is -0.129. The Morgan fingerprint density at radius 3 is 2.41 bits per heavy atom. The molecule has 0 saturated carbocycles. The summed E-state index contributed by atoms with van der Waals surface area (Å²) in [4.78, 5) is 11.9. The number of nitrogens with one attached hydrogen (secondary N) is 1. The zero-order valence-electron chi connectivity index (χ0n) is 10.5. The lowest BCUT2D eigenvalue weighted by Gasteiger charge is -2.24. The molecule has 0 radical (unpaired) electrons. The summed E-state index contributed by atoms with van der Waals surface area (Å²) >= 11 is 0. The molecule has 1 amide bonds. The molecule has 0 aliphatic rings. The van der Waals surface area contributed by atoms with Crippen molar-refractivity contribution in [1.82, 2.24) is 5.32 Å². The molecule has 0 heterocycles. The summed E-state index contributed by atoms with van der Waals surface area (Å²) in [6.45, 7) is 5.73. The van der Waals surface area contributed by atoms with Crippen LogP contribution < -0.4 is 11.1 Å². The Labute approximate surface area is 101 Å².